The van der Waals surface area contributed by atoms with E-state index in [1.165, 1.54) is 12.8 Å². The number of aliphatic hydroxyl groups is 1. The second kappa shape index (κ2) is 5.69. The van der Waals surface area contributed by atoms with Crippen LogP contribution in [0.25, 0.3) is 0 Å². The number of ether oxygens (including phenoxy) is 1. The smallest absolute Gasteiger partial charge is 0.0558 e. The lowest BCUT2D eigenvalue weighted by molar-refractivity contribution is 0.0131. The molecule has 0 amide bonds. The van der Waals surface area contributed by atoms with Gasteiger partial charge in [0.05, 0.1) is 13.2 Å². The normalized spacial score (nSPS) is 22.5. The molecule has 1 saturated heterocycles. The van der Waals surface area contributed by atoms with Crippen LogP contribution in [-0.2, 0) is 4.74 Å². The molecular formula is C11H23NO2. The highest BCUT2D eigenvalue weighted by molar-refractivity contribution is 4.82. The van der Waals surface area contributed by atoms with E-state index in [1.54, 1.807) is 0 Å². The molecule has 84 valence electrons. The first-order chi connectivity index (χ1) is 6.70. The Hall–Kier alpha value is -0.120. The van der Waals surface area contributed by atoms with E-state index in [0.717, 1.165) is 32.8 Å². The quantitative estimate of drug-likeness (QED) is 0.723. The first kappa shape index (κ1) is 12.0. The molecule has 1 heterocycles. The van der Waals surface area contributed by atoms with E-state index in [9.17, 15) is 0 Å². The average molecular weight is 201 g/mol. The molecule has 0 aromatic carbocycles. The zero-order valence-corrected chi connectivity index (χ0v) is 9.46. The predicted molar refractivity (Wildman–Crippen MR) is 57.4 cm³/mol. The lowest BCUT2D eigenvalue weighted by atomic mass is 9.81. The first-order valence-electron chi connectivity index (χ1n) is 5.61. The summed E-state index contributed by atoms with van der Waals surface area (Å²) in [4.78, 5) is 2.33. The molecular weight excluding hydrogens is 178 g/mol. The number of nitrogens with zero attached hydrogens (tertiary/aromatic N) is 1. The maximum atomic E-state index is 8.82. The number of hydrogen-bond acceptors (Lipinski definition) is 3. The van der Waals surface area contributed by atoms with Gasteiger partial charge in [0.15, 0.2) is 0 Å². The largest absolute Gasteiger partial charge is 0.395 e. The van der Waals surface area contributed by atoms with Crippen molar-refractivity contribution in [1.29, 1.82) is 0 Å². The van der Waals surface area contributed by atoms with Gasteiger partial charge in [-0.1, -0.05) is 6.92 Å². The van der Waals surface area contributed by atoms with Crippen LogP contribution in [0.5, 0.6) is 0 Å². The van der Waals surface area contributed by atoms with Crippen LogP contribution >= 0.6 is 0 Å². The molecule has 3 heteroatoms. The third-order valence-corrected chi connectivity index (χ3v) is 3.13. The molecule has 1 aliphatic rings. The molecule has 0 spiro atoms. The topological polar surface area (TPSA) is 32.7 Å². The van der Waals surface area contributed by atoms with Gasteiger partial charge in [0.2, 0.25) is 0 Å². The zero-order chi connectivity index (χ0) is 10.4. The van der Waals surface area contributed by atoms with Crippen LogP contribution in [0.3, 0.4) is 0 Å². The van der Waals surface area contributed by atoms with Gasteiger partial charge in [-0.25, -0.2) is 0 Å². The van der Waals surface area contributed by atoms with E-state index in [1.807, 2.05) is 6.92 Å². The van der Waals surface area contributed by atoms with Crippen LogP contribution in [0, 0.1) is 5.41 Å². The number of β-amino-alcohol motifs (C(OH)–C–C–N with tert-alkyl or cyclic N) is 1. The van der Waals surface area contributed by atoms with E-state index in [0.29, 0.717) is 5.41 Å². The van der Waals surface area contributed by atoms with Crippen LogP contribution in [0.4, 0.5) is 0 Å². The third kappa shape index (κ3) is 3.56. The fourth-order valence-electron chi connectivity index (χ4n) is 1.95. The van der Waals surface area contributed by atoms with Gasteiger partial charge in [0.1, 0.15) is 0 Å². The maximum Gasteiger partial charge on any atom is 0.0558 e. The SMILES string of the molecule is CCOCC1(C)CCN(CCO)CC1. The van der Waals surface area contributed by atoms with E-state index in [-0.39, 0.29) is 6.61 Å². The molecule has 0 atom stereocenters. The molecule has 0 bridgehead atoms. The molecule has 1 aliphatic heterocycles. The Bertz CT molecular complexity index is 153. The highest BCUT2D eigenvalue weighted by atomic mass is 16.5. The van der Waals surface area contributed by atoms with Gasteiger partial charge in [-0.05, 0) is 38.3 Å². The minimum Gasteiger partial charge on any atom is -0.395 e. The average Bonchev–Trinajstić information content (AvgIpc) is 2.20. The van der Waals surface area contributed by atoms with Gasteiger partial charge in [0, 0.05) is 13.2 Å². The summed E-state index contributed by atoms with van der Waals surface area (Å²) in [6.07, 6.45) is 2.38. The fraction of sp³-hybridized carbons (Fsp3) is 1.00. The molecule has 0 radical (unpaired) electrons. The predicted octanol–water partition coefficient (Wildman–Crippen LogP) is 1.12. The first-order valence-corrected chi connectivity index (χ1v) is 5.61. The van der Waals surface area contributed by atoms with Crippen molar-refractivity contribution in [3.05, 3.63) is 0 Å². The molecule has 0 aromatic heterocycles. The second-order valence-electron chi connectivity index (χ2n) is 4.51. The van der Waals surface area contributed by atoms with Gasteiger partial charge in [-0.2, -0.15) is 0 Å². The van der Waals surface area contributed by atoms with E-state index >= 15 is 0 Å². The highest BCUT2D eigenvalue weighted by Crippen LogP contribution is 2.30. The molecule has 0 aliphatic carbocycles. The molecule has 3 nitrogen and oxygen atoms in total. The number of likely N-dealkylation sites (tertiary alicyclic amines) is 1. The minimum absolute atomic E-state index is 0.280. The summed E-state index contributed by atoms with van der Waals surface area (Å²) in [5, 5.41) is 8.82. The number of piperidine rings is 1. The summed E-state index contributed by atoms with van der Waals surface area (Å²) < 4.78 is 5.50. The van der Waals surface area contributed by atoms with Gasteiger partial charge in [-0.15, -0.1) is 0 Å². The Kier molecular flexibility index (Phi) is 4.85. The molecule has 0 unspecified atom stereocenters. The Morgan fingerprint density at radius 1 is 1.36 bits per heavy atom. The standard InChI is InChI=1S/C11H23NO2/c1-3-14-10-11(2)4-6-12(7-5-11)8-9-13/h13H,3-10H2,1-2H3. The van der Waals surface area contributed by atoms with Crippen LogP contribution in [0.15, 0.2) is 0 Å². The number of rotatable bonds is 5. The Labute approximate surface area is 87.1 Å². The molecule has 1 rings (SSSR count). The van der Waals surface area contributed by atoms with Gasteiger partial charge >= 0.3 is 0 Å². The van der Waals surface area contributed by atoms with Crippen LogP contribution < -0.4 is 0 Å². The summed E-state index contributed by atoms with van der Waals surface area (Å²) in [7, 11) is 0. The maximum absolute atomic E-state index is 8.82. The lowest BCUT2D eigenvalue weighted by Crippen LogP contribution is -2.41. The van der Waals surface area contributed by atoms with Crippen LogP contribution in [-0.4, -0.2) is 49.5 Å². The van der Waals surface area contributed by atoms with Crippen molar-refractivity contribution in [1.82, 2.24) is 4.90 Å². The van der Waals surface area contributed by atoms with Crippen LogP contribution in [0.2, 0.25) is 0 Å². The van der Waals surface area contributed by atoms with Gasteiger partial charge in [0.25, 0.3) is 0 Å². The molecule has 1 fully saturated rings. The third-order valence-electron chi connectivity index (χ3n) is 3.13. The second-order valence-corrected chi connectivity index (χ2v) is 4.51. The van der Waals surface area contributed by atoms with Crippen molar-refractivity contribution in [2.45, 2.75) is 26.7 Å². The Morgan fingerprint density at radius 3 is 2.50 bits per heavy atom. The van der Waals surface area contributed by atoms with Crippen molar-refractivity contribution in [2.24, 2.45) is 5.41 Å². The van der Waals surface area contributed by atoms with Gasteiger partial charge in [-0.3, -0.25) is 0 Å². The highest BCUT2D eigenvalue weighted by Gasteiger charge is 2.29. The summed E-state index contributed by atoms with van der Waals surface area (Å²) in [6, 6.07) is 0. The van der Waals surface area contributed by atoms with E-state index < -0.39 is 0 Å². The van der Waals surface area contributed by atoms with Crippen LogP contribution in [0.1, 0.15) is 26.7 Å². The van der Waals surface area contributed by atoms with Gasteiger partial charge < -0.3 is 14.7 Å². The Balaban J connectivity index is 2.25. The van der Waals surface area contributed by atoms with Crippen molar-refractivity contribution in [2.75, 3.05) is 39.5 Å². The van der Waals surface area contributed by atoms with Crippen molar-refractivity contribution < 1.29 is 9.84 Å². The summed E-state index contributed by atoms with van der Waals surface area (Å²) >= 11 is 0. The monoisotopic (exact) mass is 201 g/mol. The van der Waals surface area contributed by atoms with E-state index in [2.05, 4.69) is 11.8 Å². The Morgan fingerprint density at radius 2 is 2.00 bits per heavy atom. The number of hydrogen-bond donors (Lipinski definition) is 1. The summed E-state index contributed by atoms with van der Waals surface area (Å²) in [5.41, 5.74) is 0.363. The van der Waals surface area contributed by atoms with Crippen molar-refractivity contribution >= 4 is 0 Å². The summed E-state index contributed by atoms with van der Waals surface area (Å²) in [5.74, 6) is 0. The number of aliphatic hydroxyl groups excluding tert-OH is 1. The zero-order valence-electron chi connectivity index (χ0n) is 9.46. The lowest BCUT2D eigenvalue weighted by Gasteiger charge is -2.38. The molecule has 1 N–H and O–H groups in total. The summed E-state index contributed by atoms with van der Waals surface area (Å²) in [6.45, 7) is 9.36. The van der Waals surface area contributed by atoms with Crippen molar-refractivity contribution in [3.8, 4) is 0 Å². The molecule has 0 aromatic rings. The van der Waals surface area contributed by atoms with E-state index in [4.69, 9.17) is 9.84 Å². The molecule has 0 saturated carbocycles. The fourth-order valence-corrected chi connectivity index (χ4v) is 1.95. The van der Waals surface area contributed by atoms with Crippen molar-refractivity contribution in [3.63, 3.8) is 0 Å². The minimum atomic E-state index is 0.280. The molecule has 14 heavy (non-hydrogen) atoms.